The summed E-state index contributed by atoms with van der Waals surface area (Å²) in [6, 6.07) is 8.14. The Morgan fingerprint density at radius 3 is 2.50 bits per heavy atom. The summed E-state index contributed by atoms with van der Waals surface area (Å²) in [6.45, 7) is 6.15. The molecule has 5 heteroatoms. The fourth-order valence-electron chi connectivity index (χ4n) is 3.78. The highest BCUT2D eigenvalue weighted by molar-refractivity contribution is 5.79. The van der Waals surface area contributed by atoms with E-state index in [4.69, 9.17) is 4.74 Å². The molecule has 0 bridgehead atoms. The van der Waals surface area contributed by atoms with Gasteiger partial charge in [-0.05, 0) is 50.7 Å². The zero-order valence-electron chi connectivity index (χ0n) is 14.9. The topological polar surface area (TPSA) is 36.0 Å². The summed E-state index contributed by atoms with van der Waals surface area (Å²) in [6.07, 6.45) is 3.06. The van der Waals surface area contributed by atoms with Crippen molar-refractivity contribution >= 4 is 5.91 Å². The number of methoxy groups -OCH3 is 1. The third-order valence-corrected chi connectivity index (χ3v) is 5.19. The summed E-state index contributed by atoms with van der Waals surface area (Å²) in [5, 5.41) is 0. The molecule has 24 heavy (non-hydrogen) atoms. The molecular weight excluding hydrogens is 302 g/mol. The molecule has 3 rings (SSSR count). The van der Waals surface area contributed by atoms with Crippen LogP contribution in [0.2, 0.25) is 0 Å². The molecule has 2 fully saturated rings. The minimum atomic E-state index is 0.248. The largest absolute Gasteiger partial charge is 0.497 e. The van der Waals surface area contributed by atoms with Crippen LogP contribution in [0.25, 0.3) is 0 Å². The number of benzene rings is 1. The van der Waals surface area contributed by atoms with Gasteiger partial charge in [-0.1, -0.05) is 12.1 Å². The quantitative estimate of drug-likeness (QED) is 0.819. The molecule has 0 radical (unpaired) electrons. The van der Waals surface area contributed by atoms with E-state index in [1.54, 1.807) is 7.11 Å². The zero-order chi connectivity index (χ0) is 16.9. The number of likely N-dealkylation sites (N-methyl/N-ethyl adjacent to an activating group) is 1. The number of hydrogen-bond acceptors (Lipinski definition) is 4. The van der Waals surface area contributed by atoms with Gasteiger partial charge in [0.15, 0.2) is 0 Å². The molecule has 2 heterocycles. The second-order valence-electron chi connectivity index (χ2n) is 7.04. The first-order valence-electron chi connectivity index (χ1n) is 8.99. The minimum absolute atomic E-state index is 0.248. The van der Waals surface area contributed by atoms with Gasteiger partial charge in [-0.15, -0.1) is 0 Å². The molecule has 0 aliphatic carbocycles. The lowest BCUT2D eigenvalue weighted by molar-refractivity contribution is -0.135. The van der Waals surface area contributed by atoms with Crippen molar-refractivity contribution in [3.8, 4) is 5.75 Å². The molecular formula is C19H29N3O2. The number of ether oxygens (including phenoxy) is 1. The van der Waals surface area contributed by atoms with E-state index in [0.29, 0.717) is 12.5 Å². The monoisotopic (exact) mass is 331 g/mol. The van der Waals surface area contributed by atoms with Crippen molar-refractivity contribution in [2.75, 3.05) is 53.4 Å². The van der Waals surface area contributed by atoms with Crippen LogP contribution >= 0.6 is 0 Å². The van der Waals surface area contributed by atoms with Crippen LogP contribution in [-0.4, -0.2) is 80.1 Å². The van der Waals surface area contributed by atoms with Crippen LogP contribution in [-0.2, 0) is 11.2 Å². The summed E-state index contributed by atoms with van der Waals surface area (Å²) >= 11 is 0. The van der Waals surface area contributed by atoms with E-state index in [0.717, 1.165) is 37.5 Å². The van der Waals surface area contributed by atoms with E-state index in [9.17, 15) is 4.79 Å². The van der Waals surface area contributed by atoms with Crippen LogP contribution in [0.15, 0.2) is 24.3 Å². The number of hydrogen-bond donors (Lipinski definition) is 0. The molecule has 0 N–H and O–H groups in total. The first-order chi connectivity index (χ1) is 11.7. The molecule has 1 unspecified atom stereocenters. The van der Waals surface area contributed by atoms with Crippen LogP contribution in [0.1, 0.15) is 18.4 Å². The number of likely N-dealkylation sites (tertiary alicyclic amines) is 1. The molecule has 1 atom stereocenters. The Morgan fingerprint density at radius 2 is 1.83 bits per heavy atom. The van der Waals surface area contributed by atoms with Crippen LogP contribution in [0.4, 0.5) is 0 Å². The van der Waals surface area contributed by atoms with Crippen LogP contribution in [0.5, 0.6) is 5.75 Å². The fraction of sp³-hybridized carbons (Fsp3) is 0.632. The third-order valence-electron chi connectivity index (χ3n) is 5.19. The van der Waals surface area contributed by atoms with Crippen LogP contribution in [0, 0.1) is 0 Å². The Hall–Kier alpha value is -1.59. The highest BCUT2D eigenvalue weighted by Gasteiger charge is 2.30. The summed E-state index contributed by atoms with van der Waals surface area (Å²) in [5.74, 6) is 1.08. The van der Waals surface area contributed by atoms with Crippen LogP contribution in [0.3, 0.4) is 0 Å². The molecule has 0 saturated carbocycles. The van der Waals surface area contributed by atoms with Crippen molar-refractivity contribution < 1.29 is 9.53 Å². The SMILES string of the molecule is COc1ccc(CC(=O)N2CCN(C)CC2CN2CCCC2)cc1. The van der Waals surface area contributed by atoms with Gasteiger partial charge in [-0.3, -0.25) is 4.79 Å². The van der Waals surface area contributed by atoms with E-state index < -0.39 is 0 Å². The van der Waals surface area contributed by atoms with Gasteiger partial charge in [0.1, 0.15) is 5.75 Å². The van der Waals surface area contributed by atoms with E-state index >= 15 is 0 Å². The summed E-state index contributed by atoms with van der Waals surface area (Å²) in [4.78, 5) is 19.8. The zero-order valence-corrected chi connectivity index (χ0v) is 14.9. The first kappa shape index (κ1) is 17.2. The van der Waals surface area contributed by atoms with Gasteiger partial charge in [0.05, 0.1) is 19.6 Å². The van der Waals surface area contributed by atoms with Crippen molar-refractivity contribution in [3.63, 3.8) is 0 Å². The third kappa shape index (κ3) is 4.28. The van der Waals surface area contributed by atoms with Crippen molar-refractivity contribution in [1.29, 1.82) is 0 Å². The van der Waals surface area contributed by atoms with Crippen molar-refractivity contribution in [1.82, 2.24) is 14.7 Å². The Labute approximate surface area is 145 Å². The number of nitrogens with zero attached hydrogens (tertiary/aromatic N) is 3. The van der Waals surface area contributed by atoms with E-state index in [1.165, 1.54) is 25.9 Å². The van der Waals surface area contributed by atoms with Gasteiger partial charge >= 0.3 is 0 Å². The molecule has 0 aromatic heterocycles. The maximum atomic E-state index is 12.9. The van der Waals surface area contributed by atoms with Crippen molar-refractivity contribution in [3.05, 3.63) is 29.8 Å². The Kier molecular flexibility index (Phi) is 5.74. The highest BCUT2D eigenvalue weighted by atomic mass is 16.5. The number of amides is 1. The molecule has 5 nitrogen and oxygen atoms in total. The van der Waals surface area contributed by atoms with Gasteiger partial charge in [0, 0.05) is 26.2 Å². The predicted octanol–water partition coefficient (Wildman–Crippen LogP) is 1.48. The average Bonchev–Trinajstić information content (AvgIpc) is 3.08. The number of carbonyl (C=O) groups excluding carboxylic acids is 1. The average molecular weight is 331 g/mol. The van der Waals surface area contributed by atoms with Gasteiger partial charge < -0.3 is 19.4 Å². The van der Waals surface area contributed by atoms with Crippen molar-refractivity contribution in [2.45, 2.75) is 25.3 Å². The highest BCUT2D eigenvalue weighted by Crippen LogP contribution is 2.17. The lowest BCUT2D eigenvalue weighted by Gasteiger charge is -2.41. The summed E-state index contributed by atoms with van der Waals surface area (Å²) in [7, 11) is 3.82. The second kappa shape index (κ2) is 7.99. The molecule has 2 aliphatic heterocycles. The maximum absolute atomic E-state index is 12.9. The molecule has 0 spiro atoms. The minimum Gasteiger partial charge on any atom is -0.497 e. The molecule has 2 saturated heterocycles. The Balaban J connectivity index is 1.63. The molecule has 1 aromatic carbocycles. The summed E-state index contributed by atoms with van der Waals surface area (Å²) in [5.41, 5.74) is 1.06. The maximum Gasteiger partial charge on any atom is 0.227 e. The number of rotatable bonds is 5. The smallest absolute Gasteiger partial charge is 0.227 e. The fourth-order valence-corrected chi connectivity index (χ4v) is 3.78. The standard InChI is InChI=1S/C19H29N3O2/c1-20-11-12-22(17(14-20)15-21-9-3-4-10-21)19(23)13-16-5-7-18(24-2)8-6-16/h5-8,17H,3-4,9-15H2,1-2H3. The number of piperazine rings is 1. The Morgan fingerprint density at radius 1 is 1.12 bits per heavy atom. The Bertz CT molecular complexity index is 540. The number of carbonyl (C=O) groups is 1. The van der Waals surface area contributed by atoms with Gasteiger partial charge in [0.25, 0.3) is 0 Å². The molecule has 2 aliphatic rings. The lowest BCUT2D eigenvalue weighted by Crippen LogP contribution is -2.58. The van der Waals surface area contributed by atoms with Gasteiger partial charge in [-0.25, -0.2) is 0 Å². The van der Waals surface area contributed by atoms with Crippen molar-refractivity contribution in [2.24, 2.45) is 0 Å². The predicted molar refractivity (Wildman–Crippen MR) is 95.4 cm³/mol. The first-order valence-corrected chi connectivity index (χ1v) is 8.99. The second-order valence-corrected chi connectivity index (χ2v) is 7.04. The lowest BCUT2D eigenvalue weighted by atomic mass is 10.1. The van der Waals surface area contributed by atoms with E-state index in [-0.39, 0.29) is 5.91 Å². The van der Waals surface area contributed by atoms with Crippen LogP contribution < -0.4 is 4.74 Å². The normalized spacial score (nSPS) is 22.8. The van der Waals surface area contributed by atoms with E-state index in [2.05, 4.69) is 21.7 Å². The van der Waals surface area contributed by atoms with Gasteiger partial charge in [-0.2, -0.15) is 0 Å². The molecule has 132 valence electrons. The van der Waals surface area contributed by atoms with E-state index in [1.807, 2.05) is 24.3 Å². The molecule has 1 aromatic rings. The summed E-state index contributed by atoms with van der Waals surface area (Å²) < 4.78 is 5.19. The van der Waals surface area contributed by atoms with Gasteiger partial charge in [0.2, 0.25) is 5.91 Å². The molecule has 1 amide bonds.